The molecule has 154 valence electrons. The number of thiocarbonyl (C=S) groups is 1. The molecule has 1 aromatic heterocycles. The molecular formula is C23H20BrClN2OS2. The third kappa shape index (κ3) is 4.37. The van der Waals surface area contributed by atoms with Gasteiger partial charge in [0.25, 0.3) is 5.91 Å². The van der Waals surface area contributed by atoms with Gasteiger partial charge in [0, 0.05) is 45.2 Å². The zero-order chi connectivity index (χ0) is 21.4. The van der Waals surface area contributed by atoms with Gasteiger partial charge in [-0.1, -0.05) is 83.6 Å². The van der Waals surface area contributed by atoms with Crippen molar-refractivity contribution in [2.24, 2.45) is 5.92 Å². The quantitative estimate of drug-likeness (QED) is 0.269. The Morgan fingerprint density at radius 3 is 2.73 bits per heavy atom. The highest BCUT2D eigenvalue weighted by Gasteiger charge is 2.32. The van der Waals surface area contributed by atoms with Crippen LogP contribution >= 0.6 is 51.5 Å². The monoisotopic (exact) mass is 518 g/mol. The molecule has 0 saturated carbocycles. The molecule has 2 aromatic carbocycles. The predicted molar refractivity (Wildman–Crippen MR) is 135 cm³/mol. The van der Waals surface area contributed by atoms with Crippen molar-refractivity contribution in [1.29, 1.82) is 0 Å². The summed E-state index contributed by atoms with van der Waals surface area (Å²) in [5.74, 6) is 0.348. The molecule has 3 nitrogen and oxygen atoms in total. The molecule has 0 atom stereocenters. The van der Waals surface area contributed by atoms with Crippen molar-refractivity contribution in [1.82, 2.24) is 9.47 Å². The molecule has 1 fully saturated rings. The molecule has 2 heterocycles. The SMILES string of the molecule is CC(C)CN1C(=O)/C(=C/c2cn(Cc3ccccc3Cl)c3ccc(Br)cc23)SC1=S. The number of halogens is 2. The first-order chi connectivity index (χ1) is 14.3. The van der Waals surface area contributed by atoms with Gasteiger partial charge in [-0.05, 0) is 41.8 Å². The first kappa shape index (κ1) is 21.6. The minimum atomic E-state index is -0.0132. The Labute approximate surface area is 199 Å². The molecule has 0 bridgehead atoms. The van der Waals surface area contributed by atoms with Crippen LogP contribution in [0.25, 0.3) is 17.0 Å². The van der Waals surface area contributed by atoms with Crippen molar-refractivity contribution in [2.45, 2.75) is 20.4 Å². The molecule has 0 spiro atoms. The minimum absolute atomic E-state index is 0.0132. The molecule has 1 amide bonds. The minimum Gasteiger partial charge on any atom is -0.342 e. The Hall–Kier alpha value is -1.60. The van der Waals surface area contributed by atoms with E-state index in [4.69, 9.17) is 23.8 Å². The van der Waals surface area contributed by atoms with Crippen molar-refractivity contribution >= 4 is 78.7 Å². The van der Waals surface area contributed by atoms with Crippen LogP contribution in [-0.4, -0.2) is 26.2 Å². The van der Waals surface area contributed by atoms with Crippen LogP contribution in [0, 0.1) is 5.92 Å². The number of hydrogen-bond donors (Lipinski definition) is 0. The van der Waals surface area contributed by atoms with Crippen LogP contribution in [-0.2, 0) is 11.3 Å². The molecule has 0 radical (unpaired) electrons. The van der Waals surface area contributed by atoms with Crippen molar-refractivity contribution in [3.05, 3.63) is 74.2 Å². The average Bonchev–Trinajstić information content (AvgIpc) is 3.15. The van der Waals surface area contributed by atoms with Gasteiger partial charge < -0.3 is 4.57 Å². The summed E-state index contributed by atoms with van der Waals surface area (Å²) in [5, 5.41) is 1.82. The fourth-order valence-corrected chi connectivity index (χ4v) is 5.34. The van der Waals surface area contributed by atoms with Crippen LogP contribution in [0.5, 0.6) is 0 Å². The largest absolute Gasteiger partial charge is 0.342 e. The molecule has 0 aliphatic carbocycles. The molecule has 3 aromatic rings. The molecule has 0 N–H and O–H groups in total. The van der Waals surface area contributed by atoms with E-state index in [0.29, 0.717) is 28.2 Å². The van der Waals surface area contributed by atoms with E-state index in [0.717, 1.165) is 31.5 Å². The topological polar surface area (TPSA) is 25.2 Å². The zero-order valence-corrected chi connectivity index (χ0v) is 20.5. The van der Waals surface area contributed by atoms with Crippen LogP contribution in [0.15, 0.2) is 58.0 Å². The number of benzene rings is 2. The van der Waals surface area contributed by atoms with Crippen molar-refractivity contribution in [3.63, 3.8) is 0 Å². The molecular weight excluding hydrogens is 500 g/mol. The number of carbonyl (C=O) groups excluding carboxylic acids is 1. The second-order valence-electron chi connectivity index (χ2n) is 7.65. The summed E-state index contributed by atoms with van der Waals surface area (Å²) in [4.78, 5) is 15.3. The van der Waals surface area contributed by atoms with Crippen LogP contribution in [0.2, 0.25) is 5.02 Å². The number of amides is 1. The molecule has 4 rings (SSSR count). The van der Waals surface area contributed by atoms with Crippen LogP contribution in [0.3, 0.4) is 0 Å². The summed E-state index contributed by atoms with van der Waals surface area (Å²) in [6, 6.07) is 14.0. The lowest BCUT2D eigenvalue weighted by Crippen LogP contribution is -2.31. The van der Waals surface area contributed by atoms with E-state index in [2.05, 4.69) is 52.7 Å². The third-order valence-electron chi connectivity index (χ3n) is 4.88. The van der Waals surface area contributed by atoms with E-state index in [1.807, 2.05) is 36.4 Å². The van der Waals surface area contributed by atoms with Gasteiger partial charge >= 0.3 is 0 Å². The van der Waals surface area contributed by atoms with Crippen molar-refractivity contribution < 1.29 is 4.79 Å². The Bertz CT molecular complexity index is 1190. The Morgan fingerprint density at radius 1 is 1.23 bits per heavy atom. The van der Waals surface area contributed by atoms with Gasteiger partial charge in [0.05, 0.1) is 4.91 Å². The van der Waals surface area contributed by atoms with E-state index < -0.39 is 0 Å². The fraction of sp³-hybridized carbons (Fsp3) is 0.217. The first-order valence-corrected chi connectivity index (χ1v) is 12.0. The van der Waals surface area contributed by atoms with Gasteiger partial charge in [0.1, 0.15) is 4.32 Å². The standard InChI is InChI=1S/C23H20BrClN2OS2/c1-14(2)11-27-22(28)21(30-23(27)29)9-16-13-26(12-15-5-3-4-6-19(15)25)20-8-7-17(24)10-18(16)20/h3-10,13-14H,11-12H2,1-2H3/b21-9-. The van der Waals surface area contributed by atoms with Gasteiger partial charge in [-0.2, -0.15) is 0 Å². The lowest BCUT2D eigenvalue weighted by atomic mass is 10.1. The average molecular weight is 520 g/mol. The second-order valence-corrected chi connectivity index (χ2v) is 10.7. The molecule has 1 aliphatic heterocycles. The zero-order valence-electron chi connectivity index (χ0n) is 16.6. The number of hydrogen-bond acceptors (Lipinski definition) is 3. The Morgan fingerprint density at radius 2 is 2.00 bits per heavy atom. The second kappa shape index (κ2) is 8.87. The molecule has 30 heavy (non-hydrogen) atoms. The third-order valence-corrected chi connectivity index (χ3v) is 7.12. The highest BCUT2D eigenvalue weighted by molar-refractivity contribution is 9.10. The number of aromatic nitrogens is 1. The molecule has 1 saturated heterocycles. The van der Waals surface area contributed by atoms with Crippen LogP contribution in [0.1, 0.15) is 25.0 Å². The number of rotatable bonds is 5. The summed E-state index contributed by atoms with van der Waals surface area (Å²) in [5.41, 5.74) is 3.12. The molecule has 7 heteroatoms. The van der Waals surface area contributed by atoms with Gasteiger partial charge in [0.2, 0.25) is 0 Å². The van der Waals surface area contributed by atoms with Gasteiger partial charge in [-0.25, -0.2) is 0 Å². The smallest absolute Gasteiger partial charge is 0.266 e. The van der Waals surface area contributed by atoms with Gasteiger partial charge in [-0.15, -0.1) is 0 Å². The number of nitrogens with zero attached hydrogens (tertiary/aromatic N) is 2. The lowest BCUT2D eigenvalue weighted by molar-refractivity contribution is -0.122. The fourth-order valence-electron chi connectivity index (χ4n) is 3.52. The van der Waals surface area contributed by atoms with E-state index >= 15 is 0 Å². The molecule has 1 aliphatic rings. The summed E-state index contributed by atoms with van der Waals surface area (Å²) in [7, 11) is 0. The summed E-state index contributed by atoms with van der Waals surface area (Å²) >= 11 is 16.8. The summed E-state index contributed by atoms with van der Waals surface area (Å²) < 4.78 is 3.79. The lowest BCUT2D eigenvalue weighted by Gasteiger charge is -2.16. The van der Waals surface area contributed by atoms with E-state index in [1.165, 1.54) is 11.8 Å². The Balaban J connectivity index is 1.75. The van der Waals surface area contributed by atoms with Crippen molar-refractivity contribution in [2.75, 3.05) is 6.54 Å². The Kier molecular flexibility index (Phi) is 6.39. The van der Waals surface area contributed by atoms with Crippen molar-refractivity contribution in [3.8, 4) is 0 Å². The molecule has 0 unspecified atom stereocenters. The van der Waals surface area contributed by atoms with E-state index in [1.54, 1.807) is 4.90 Å². The first-order valence-electron chi connectivity index (χ1n) is 9.60. The maximum absolute atomic E-state index is 12.9. The summed E-state index contributed by atoms with van der Waals surface area (Å²) in [6.07, 6.45) is 4.03. The van der Waals surface area contributed by atoms with Gasteiger partial charge in [0.15, 0.2) is 0 Å². The number of fused-ring (bicyclic) bond motifs is 1. The van der Waals surface area contributed by atoms with Crippen LogP contribution in [0.4, 0.5) is 0 Å². The number of thioether (sulfide) groups is 1. The maximum Gasteiger partial charge on any atom is 0.266 e. The predicted octanol–water partition coefficient (Wildman–Crippen LogP) is 6.96. The van der Waals surface area contributed by atoms with E-state index in [-0.39, 0.29) is 5.91 Å². The highest BCUT2D eigenvalue weighted by Crippen LogP contribution is 2.35. The highest BCUT2D eigenvalue weighted by atomic mass is 79.9. The normalized spacial score (nSPS) is 15.9. The maximum atomic E-state index is 12.9. The number of carbonyl (C=O) groups is 1. The van der Waals surface area contributed by atoms with E-state index in [9.17, 15) is 4.79 Å². The van der Waals surface area contributed by atoms with Crippen LogP contribution < -0.4 is 0 Å². The van der Waals surface area contributed by atoms with Gasteiger partial charge in [-0.3, -0.25) is 9.69 Å². The summed E-state index contributed by atoms with van der Waals surface area (Å²) in [6.45, 7) is 5.46.